The van der Waals surface area contributed by atoms with Crippen LogP contribution in [0.5, 0.6) is 11.5 Å². The minimum absolute atomic E-state index is 0.0217. The molecule has 0 N–H and O–H groups in total. The molecule has 1 atom stereocenters. The van der Waals surface area contributed by atoms with Gasteiger partial charge in [0.15, 0.2) is 17.7 Å². The highest BCUT2D eigenvalue weighted by Crippen LogP contribution is 2.29. The van der Waals surface area contributed by atoms with E-state index < -0.39 is 24.2 Å². The van der Waals surface area contributed by atoms with Crippen molar-refractivity contribution < 1.29 is 37.0 Å². The number of aryl methyl sites for hydroxylation is 1. The van der Waals surface area contributed by atoms with Crippen LogP contribution in [0.1, 0.15) is 149 Å². The van der Waals surface area contributed by atoms with Crippen molar-refractivity contribution in [3.8, 4) is 22.9 Å². The van der Waals surface area contributed by atoms with Crippen LogP contribution in [-0.4, -0.2) is 40.8 Å². The molecule has 3 aromatic rings. The van der Waals surface area contributed by atoms with Crippen LogP contribution in [0.2, 0.25) is 0 Å². The second-order valence-corrected chi connectivity index (χ2v) is 13.2. The van der Waals surface area contributed by atoms with Crippen molar-refractivity contribution in [2.24, 2.45) is 0 Å². The maximum Gasteiger partial charge on any atom is 0.425 e. The Morgan fingerprint density at radius 1 is 0.686 bits per heavy atom. The number of hydrogen-bond donors (Lipinski definition) is 0. The van der Waals surface area contributed by atoms with Crippen molar-refractivity contribution >= 4 is 11.9 Å². The number of unbranched alkanes of at least 4 members (excludes halogenated alkanes) is 14. The largest absolute Gasteiger partial charge is 0.490 e. The fraction of sp³-hybridized carbons (Fsp3) is 0.561. The molecule has 0 aliphatic rings. The lowest BCUT2D eigenvalue weighted by molar-refractivity contribution is -0.206. The molecule has 0 saturated heterocycles. The third-order valence-corrected chi connectivity index (χ3v) is 8.84. The number of aromatic nitrogens is 2. The Labute approximate surface area is 301 Å². The Bertz CT molecular complexity index is 1450. The molecule has 0 fully saturated rings. The van der Waals surface area contributed by atoms with Crippen LogP contribution in [0.3, 0.4) is 0 Å². The molecule has 1 aromatic heterocycles. The Morgan fingerprint density at radius 3 is 1.78 bits per heavy atom. The van der Waals surface area contributed by atoms with E-state index in [4.69, 9.17) is 14.2 Å². The zero-order valence-corrected chi connectivity index (χ0v) is 30.6. The molecule has 0 amide bonds. The molecule has 280 valence electrons. The number of alkyl halides is 3. The first-order chi connectivity index (χ1) is 24.6. The summed E-state index contributed by atoms with van der Waals surface area (Å²) in [4.78, 5) is 34.3. The molecule has 0 aliphatic heterocycles. The zero-order valence-electron chi connectivity index (χ0n) is 30.6. The highest BCUT2D eigenvalue weighted by atomic mass is 19.4. The third kappa shape index (κ3) is 15.4. The molecular weight excluding hydrogens is 657 g/mol. The number of halogens is 3. The van der Waals surface area contributed by atoms with Gasteiger partial charge in [0.05, 0.1) is 30.1 Å². The van der Waals surface area contributed by atoms with Gasteiger partial charge in [-0.25, -0.2) is 19.6 Å². The molecule has 7 nitrogen and oxygen atoms in total. The van der Waals surface area contributed by atoms with E-state index in [2.05, 4.69) is 23.8 Å². The number of hydrogen-bond acceptors (Lipinski definition) is 7. The smallest absolute Gasteiger partial charge is 0.425 e. The average Bonchev–Trinajstić information content (AvgIpc) is 3.11. The minimum Gasteiger partial charge on any atom is -0.490 e. The zero-order chi connectivity index (χ0) is 36.9. The highest BCUT2D eigenvalue weighted by Gasteiger charge is 2.42. The minimum atomic E-state index is -4.66. The SMILES string of the molecule is CCCCCCCCCCCCOc1cnc(-c2ccc(C(=O)Oc3ccc(C(=O)O[C@H](CCCCCCCC)C(F)(F)F)c(C)c3)cc2)nc1. The summed E-state index contributed by atoms with van der Waals surface area (Å²) in [7, 11) is 0. The maximum absolute atomic E-state index is 13.6. The molecule has 51 heavy (non-hydrogen) atoms. The van der Waals surface area contributed by atoms with Crippen LogP contribution >= 0.6 is 0 Å². The van der Waals surface area contributed by atoms with Crippen molar-refractivity contribution in [1.29, 1.82) is 0 Å². The van der Waals surface area contributed by atoms with Gasteiger partial charge in [-0.1, -0.05) is 116 Å². The molecule has 0 spiro atoms. The predicted molar refractivity (Wildman–Crippen MR) is 194 cm³/mol. The van der Waals surface area contributed by atoms with Crippen molar-refractivity contribution in [2.75, 3.05) is 6.61 Å². The van der Waals surface area contributed by atoms with Gasteiger partial charge in [-0.05, 0) is 62.1 Å². The fourth-order valence-corrected chi connectivity index (χ4v) is 5.76. The molecule has 2 aromatic carbocycles. The summed E-state index contributed by atoms with van der Waals surface area (Å²) in [6.07, 6.45) is 13.7. The van der Waals surface area contributed by atoms with E-state index >= 15 is 0 Å². The van der Waals surface area contributed by atoms with Crippen LogP contribution in [0.4, 0.5) is 13.2 Å². The predicted octanol–water partition coefficient (Wildman–Crippen LogP) is 11.8. The Hall–Kier alpha value is -3.95. The molecule has 0 saturated carbocycles. The normalized spacial score (nSPS) is 12.0. The lowest BCUT2D eigenvalue weighted by Gasteiger charge is -2.21. The lowest BCUT2D eigenvalue weighted by Crippen LogP contribution is -2.34. The average molecular weight is 713 g/mol. The highest BCUT2D eigenvalue weighted by molar-refractivity contribution is 5.93. The fourth-order valence-electron chi connectivity index (χ4n) is 5.76. The second-order valence-electron chi connectivity index (χ2n) is 13.2. The maximum atomic E-state index is 13.6. The van der Waals surface area contributed by atoms with Gasteiger partial charge in [0, 0.05) is 5.56 Å². The summed E-state index contributed by atoms with van der Waals surface area (Å²) < 4.78 is 57.0. The van der Waals surface area contributed by atoms with Gasteiger partial charge in [0.1, 0.15) is 5.75 Å². The molecule has 0 unspecified atom stereocenters. The van der Waals surface area contributed by atoms with E-state index in [1.54, 1.807) is 43.6 Å². The Balaban J connectivity index is 1.44. The van der Waals surface area contributed by atoms with E-state index in [-0.39, 0.29) is 23.3 Å². The third-order valence-electron chi connectivity index (χ3n) is 8.84. The van der Waals surface area contributed by atoms with Gasteiger partial charge in [0.25, 0.3) is 0 Å². The van der Waals surface area contributed by atoms with Gasteiger partial charge in [-0.3, -0.25) is 0 Å². The Kier molecular flexibility index (Phi) is 18.5. The van der Waals surface area contributed by atoms with Crippen LogP contribution in [0.25, 0.3) is 11.4 Å². The van der Waals surface area contributed by atoms with Gasteiger partial charge < -0.3 is 14.2 Å². The first kappa shape index (κ1) is 41.5. The molecule has 3 rings (SSSR count). The molecule has 0 aliphatic carbocycles. The van der Waals surface area contributed by atoms with Crippen molar-refractivity contribution in [1.82, 2.24) is 9.97 Å². The monoisotopic (exact) mass is 712 g/mol. The van der Waals surface area contributed by atoms with Crippen LogP contribution in [-0.2, 0) is 4.74 Å². The lowest BCUT2D eigenvalue weighted by atomic mass is 10.1. The summed E-state index contributed by atoms with van der Waals surface area (Å²) in [5.74, 6) is -0.458. The summed E-state index contributed by atoms with van der Waals surface area (Å²) >= 11 is 0. The van der Waals surface area contributed by atoms with E-state index in [0.717, 1.165) is 38.5 Å². The number of ether oxygens (including phenoxy) is 3. The van der Waals surface area contributed by atoms with Gasteiger partial charge in [0.2, 0.25) is 0 Å². The molecule has 1 heterocycles. The molecule has 10 heteroatoms. The topological polar surface area (TPSA) is 87.6 Å². The van der Waals surface area contributed by atoms with Gasteiger partial charge >= 0.3 is 18.1 Å². The first-order valence-corrected chi connectivity index (χ1v) is 18.8. The van der Waals surface area contributed by atoms with Gasteiger partial charge in [-0.2, -0.15) is 13.2 Å². The quantitative estimate of drug-likeness (QED) is 0.0519. The van der Waals surface area contributed by atoms with E-state index in [9.17, 15) is 22.8 Å². The number of carbonyl (C=O) groups excluding carboxylic acids is 2. The molecule has 0 bridgehead atoms. The second kappa shape index (κ2) is 22.8. The number of esters is 2. The first-order valence-electron chi connectivity index (χ1n) is 18.8. The number of benzene rings is 2. The van der Waals surface area contributed by atoms with E-state index in [1.165, 1.54) is 69.6 Å². The Morgan fingerprint density at radius 2 is 1.24 bits per heavy atom. The number of rotatable bonds is 24. The van der Waals surface area contributed by atoms with Crippen LogP contribution in [0, 0.1) is 6.92 Å². The summed E-state index contributed by atoms with van der Waals surface area (Å²) in [6, 6.07) is 10.7. The summed E-state index contributed by atoms with van der Waals surface area (Å²) in [5, 5.41) is 0. The van der Waals surface area contributed by atoms with Crippen molar-refractivity contribution in [3.05, 3.63) is 71.5 Å². The number of carbonyl (C=O) groups is 2. The summed E-state index contributed by atoms with van der Waals surface area (Å²) in [6.45, 7) is 6.49. The molecular formula is C41H55F3N2O5. The molecule has 0 radical (unpaired) electrons. The van der Waals surface area contributed by atoms with E-state index in [1.807, 2.05) is 0 Å². The standard InChI is InChI=1S/C41H55F3N2O5/c1-4-6-8-10-12-13-14-15-17-19-27-49-35-29-45-38(46-30-35)32-21-23-33(24-22-32)39(47)50-34-25-26-36(31(3)28-34)40(48)51-37(41(42,43)44)20-18-16-11-9-7-5-2/h21-26,28-30,37H,4-20,27H2,1-3H3/t37-/m1/s1. The van der Waals surface area contributed by atoms with Gasteiger partial charge in [-0.15, -0.1) is 0 Å². The van der Waals surface area contributed by atoms with Crippen molar-refractivity contribution in [2.45, 2.75) is 142 Å². The van der Waals surface area contributed by atoms with Crippen molar-refractivity contribution in [3.63, 3.8) is 0 Å². The van der Waals surface area contributed by atoms with Crippen LogP contribution < -0.4 is 9.47 Å². The summed E-state index contributed by atoms with van der Waals surface area (Å²) in [5.41, 5.74) is 1.29. The van der Waals surface area contributed by atoms with E-state index in [0.29, 0.717) is 42.1 Å². The number of nitrogens with zero attached hydrogens (tertiary/aromatic N) is 2. The van der Waals surface area contributed by atoms with Crippen LogP contribution in [0.15, 0.2) is 54.9 Å².